The Kier molecular flexibility index (Phi) is 5.61. The summed E-state index contributed by atoms with van der Waals surface area (Å²) in [5.74, 6) is -0.279. The lowest BCUT2D eigenvalue weighted by atomic mass is 9.63. The van der Waals surface area contributed by atoms with Crippen molar-refractivity contribution in [3.8, 4) is 0 Å². The van der Waals surface area contributed by atoms with E-state index in [1.807, 2.05) is 34.6 Å². The number of carbonyl (C=O) groups is 2. The van der Waals surface area contributed by atoms with E-state index in [1.54, 1.807) is 9.58 Å². The number of hydrogen-bond donors (Lipinski definition) is 2. The standard InChI is InChI=1S/C24H33N5O3/c1-15(2)29-18(5)20(26-27-29)21(30)28-13-23(32,14-28)12-25-22(31)24(7-6-8-24)19-10-16(3)9-17(4)11-19/h9-11,15,32H,6-8,12-14H2,1-5H3,(H,25,31). The third kappa shape index (κ3) is 3.81. The second-order valence-electron chi connectivity index (χ2n) is 9.94. The van der Waals surface area contributed by atoms with Crippen molar-refractivity contribution in [3.63, 3.8) is 0 Å². The average Bonchev–Trinajstić information content (AvgIpc) is 3.03. The first kappa shape index (κ1) is 22.5. The molecule has 32 heavy (non-hydrogen) atoms. The van der Waals surface area contributed by atoms with E-state index < -0.39 is 11.0 Å². The Morgan fingerprint density at radius 1 is 1.12 bits per heavy atom. The van der Waals surface area contributed by atoms with Gasteiger partial charge in [0.2, 0.25) is 5.91 Å². The molecule has 0 bridgehead atoms. The molecule has 8 nitrogen and oxygen atoms in total. The molecule has 1 aromatic heterocycles. The van der Waals surface area contributed by atoms with Crippen LogP contribution < -0.4 is 5.32 Å². The Hall–Kier alpha value is -2.74. The van der Waals surface area contributed by atoms with Crippen LogP contribution in [-0.4, -0.2) is 62.0 Å². The van der Waals surface area contributed by atoms with Crippen LogP contribution in [0, 0.1) is 20.8 Å². The molecule has 2 N–H and O–H groups in total. The molecule has 2 amide bonds. The number of hydrogen-bond acceptors (Lipinski definition) is 5. The smallest absolute Gasteiger partial charge is 0.276 e. The number of rotatable bonds is 6. The van der Waals surface area contributed by atoms with Gasteiger partial charge in [-0.05, 0) is 53.0 Å². The lowest BCUT2D eigenvalue weighted by molar-refractivity contribution is -0.133. The van der Waals surface area contributed by atoms with E-state index in [2.05, 4.69) is 33.8 Å². The van der Waals surface area contributed by atoms with Gasteiger partial charge in [0.1, 0.15) is 5.60 Å². The third-order valence-corrected chi connectivity index (χ3v) is 6.87. The molecular formula is C24H33N5O3. The van der Waals surface area contributed by atoms with Crippen LogP contribution in [-0.2, 0) is 10.2 Å². The number of β-amino-alcohol motifs (C(OH)–C–C–N with tert-alkyl or cyclic N) is 1. The Bertz CT molecular complexity index is 1030. The zero-order chi connectivity index (χ0) is 23.3. The van der Waals surface area contributed by atoms with E-state index in [1.165, 1.54) is 0 Å². The molecule has 1 saturated carbocycles. The molecule has 8 heteroatoms. The van der Waals surface area contributed by atoms with Crippen LogP contribution in [0.1, 0.15) is 72.0 Å². The van der Waals surface area contributed by atoms with Crippen LogP contribution >= 0.6 is 0 Å². The summed E-state index contributed by atoms with van der Waals surface area (Å²) in [5.41, 5.74) is 2.74. The number of carbonyl (C=O) groups excluding carboxylic acids is 2. The van der Waals surface area contributed by atoms with E-state index in [9.17, 15) is 14.7 Å². The summed E-state index contributed by atoms with van der Waals surface area (Å²) in [6, 6.07) is 6.41. The van der Waals surface area contributed by atoms with Crippen molar-refractivity contribution < 1.29 is 14.7 Å². The van der Waals surface area contributed by atoms with Gasteiger partial charge in [0.15, 0.2) is 5.69 Å². The predicted molar refractivity (Wildman–Crippen MR) is 120 cm³/mol. The number of nitrogens with zero attached hydrogens (tertiary/aromatic N) is 4. The van der Waals surface area contributed by atoms with Crippen molar-refractivity contribution in [1.82, 2.24) is 25.2 Å². The summed E-state index contributed by atoms with van der Waals surface area (Å²) < 4.78 is 1.71. The molecule has 1 aliphatic heterocycles. The van der Waals surface area contributed by atoms with E-state index in [0.29, 0.717) is 11.4 Å². The molecule has 2 aromatic rings. The highest BCUT2D eigenvalue weighted by Crippen LogP contribution is 2.44. The minimum absolute atomic E-state index is 0.0392. The molecule has 172 valence electrons. The maximum absolute atomic E-state index is 13.2. The maximum Gasteiger partial charge on any atom is 0.276 e. The first-order valence-corrected chi connectivity index (χ1v) is 11.4. The minimum atomic E-state index is -1.12. The number of aryl methyl sites for hydroxylation is 2. The molecule has 0 spiro atoms. The van der Waals surface area contributed by atoms with Gasteiger partial charge < -0.3 is 15.3 Å². The number of aromatic nitrogens is 3. The topological polar surface area (TPSA) is 100 Å². The normalized spacial score (nSPS) is 18.8. The summed E-state index contributed by atoms with van der Waals surface area (Å²) in [5, 5.41) is 21.9. The number of aliphatic hydroxyl groups is 1. The molecule has 2 fully saturated rings. The fourth-order valence-electron chi connectivity index (χ4n) is 4.94. The molecule has 0 atom stereocenters. The van der Waals surface area contributed by atoms with Gasteiger partial charge in [-0.15, -0.1) is 5.10 Å². The fourth-order valence-corrected chi connectivity index (χ4v) is 4.94. The van der Waals surface area contributed by atoms with Crippen molar-refractivity contribution in [3.05, 3.63) is 46.3 Å². The van der Waals surface area contributed by atoms with Crippen molar-refractivity contribution in [2.24, 2.45) is 0 Å². The van der Waals surface area contributed by atoms with Gasteiger partial charge in [-0.25, -0.2) is 4.68 Å². The Morgan fingerprint density at radius 3 is 2.25 bits per heavy atom. The predicted octanol–water partition coefficient (Wildman–Crippen LogP) is 2.21. The van der Waals surface area contributed by atoms with Gasteiger partial charge in [-0.3, -0.25) is 9.59 Å². The Balaban J connectivity index is 1.37. The number of nitrogens with one attached hydrogen (secondary N) is 1. The van der Waals surface area contributed by atoms with Gasteiger partial charge in [-0.2, -0.15) is 0 Å². The number of amides is 2. The highest BCUT2D eigenvalue weighted by atomic mass is 16.3. The summed E-state index contributed by atoms with van der Waals surface area (Å²) in [7, 11) is 0. The lowest BCUT2D eigenvalue weighted by Crippen LogP contribution is -2.68. The van der Waals surface area contributed by atoms with Gasteiger partial charge in [0, 0.05) is 12.6 Å². The fraction of sp³-hybridized carbons (Fsp3) is 0.583. The molecular weight excluding hydrogens is 406 g/mol. The van der Waals surface area contributed by atoms with Crippen LogP contribution in [0.3, 0.4) is 0 Å². The SMILES string of the molecule is Cc1cc(C)cc(C2(C(=O)NCC3(O)CN(C(=O)c4nnn(C(C)C)c4C)C3)CCC2)c1. The molecule has 4 rings (SSSR count). The average molecular weight is 440 g/mol. The van der Waals surface area contributed by atoms with Crippen molar-refractivity contribution in [2.45, 2.75) is 70.9 Å². The molecule has 1 saturated heterocycles. The highest BCUT2D eigenvalue weighted by Gasteiger charge is 2.49. The van der Waals surface area contributed by atoms with E-state index in [0.717, 1.165) is 36.0 Å². The molecule has 0 unspecified atom stereocenters. The second-order valence-corrected chi connectivity index (χ2v) is 9.94. The van der Waals surface area contributed by atoms with Crippen LogP contribution in [0.5, 0.6) is 0 Å². The van der Waals surface area contributed by atoms with Crippen LogP contribution in [0.25, 0.3) is 0 Å². The zero-order valence-electron chi connectivity index (χ0n) is 19.6. The van der Waals surface area contributed by atoms with Crippen molar-refractivity contribution >= 4 is 11.8 Å². The molecule has 0 radical (unpaired) electrons. The van der Waals surface area contributed by atoms with Gasteiger partial charge in [-0.1, -0.05) is 41.0 Å². The Morgan fingerprint density at radius 2 is 1.75 bits per heavy atom. The summed E-state index contributed by atoms with van der Waals surface area (Å²) in [4.78, 5) is 27.5. The zero-order valence-corrected chi connectivity index (χ0v) is 19.6. The van der Waals surface area contributed by atoms with Gasteiger partial charge in [0.05, 0.1) is 24.2 Å². The highest BCUT2D eigenvalue weighted by molar-refractivity contribution is 5.94. The number of likely N-dealkylation sites (tertiary alicyclic amines) is 1. The van der Waals surface area contributed by atoms with Crippen LogP contribution in [0.4, 0.5) is 0 Å². The second kappa shape index (κ2) is 7.99. The first-order chi connectivity index (χ1) is 15.0. The van der Waals surface area contributed by atoms with Crippen LogP contribution in [0.2, 0.25) is 0 Å². The molecule has 1 aromatic carbocycles. The summed E-state index contributed by atoms with van der Waals surface area (Å²) >= 11 is 0. The maximum atomic E-state index is 13.2. The summed E-state index contributed by atoms with van der Waals surface area (Å²) in [6.45, 7) is 10.3. The molecule has 2 heterocycles. The van der Waals surface area contributed by atoms with Crippen molar-refractivity contribution in [2.75, 3.05) is 19.6 Å². The van der Waals surface area contributed by atoms with E-state index >= 15 is 0 Å². The van der Waals surface area contributed by atoms with Gasteiger partial charge >= 0.3 is 0 Å². The monoisotopic (exact) mass is 439 g/mol. The van der Waals surface area contributed by atoms with E-state index in [-0.39, 0.29) is 37.5 Å². The number of benzene rings is 1. The Labute approximate surface area is 189 Å². The van der Waals surface area contributed by atoms with Crippen LogP contribution in [0.15, 0.2) is 18.2 Å². The van der Waals surface area contributed by atoms with Crippen molar-refractivity contribution in [1.29, 1.82) is 0 Å². The lowest BCUT2D eigenvalue weighted by Gasteiger charge is -2.47. The summed E-state index contributed by atoms with van der Waals surface area (Å²) in [6.07, 6.45) is 2.65. The first-order valence-electron chi connectivity index (χ1n) is 11.4. The molecule has 1 aliphatic carbocycles. The quantitative estimate of drug-likeness (QED) is 0.719. The van der Waals surface area contributed by atoms with Gasteiger partial charge in [0.25, 0.3) is 5.91 Å². The largest absolute Gasteiger partial charge is 0.384 e. The molecule has 2 aliphatic rings. The van der Waals surface area contributed by atoms with E-state index in [4.69, 9.17) is 0 Å². The third-order valence-electron chi connectivity index (χ3n) is 6.87. The minimum Gasteiger partial charge on any atom is -0.384 e.